The van der Waals surface area contributed by atoms with Gasteiger partial charge in [0.2, 0.25) is 11.9 Å². The highest BCUT2D eigenvalue weighted by molar-refractivity contribution is 7.80. The number of nitrogens with zero attached hydrogens (tertiary/aromatic N) is 4. The van der Waals surface area contributed by atoms with Crippen molar-refractivity contribution in [2.75, 3.05) is 30.3 Å². The van der Waals surface area contributed by atoms with Crippen molar-refractivity contribution in [2.45, 2.75) is 25.3 Å². The van der Waals surface area contributed by atoms with Crippen LogP contribution in [0.5, 0.6) is 0 Å². The summed E-state index contributed by atoms with van der Waals surface area (Å²) in [4.78, 5) is 24.9. The summed E-state index contributed by atoms with van der Waals surface area (Å²) in [6.07, 6.45) is 6.23. The smallest absolute Gasteiger partial charge is 0.225 e. The van der Waals surface area contributed by atoms with Gasteiger partial charge in [0.05, 0.1) is 0 Å². The predicted molar refractivity (Wildman–Crippen MR) is 80.9 cm³/mol. The molecule has 2 fully saturated rings. The van der Waals surface area contributed by atoms with Crippen LogP contribution in [0.15, 0.2) is 18.5 Å². The first-order chi connectivity index (χ1) is 9.78. The first-order valence-electron chi connectivity index (χ1n) is 7.20. The van der Waals surface area contributed by atoms with Crippen LogP contribution in [-0.2, 0) is 4.79 Å². The van der Waals surface area contributed by atoms with Crippen LogP contribution in [0, 0.1) is 5.92 Å². The van der Waals surface area contributed by atoms with Gasteiger partial charge in [0.1, 0.15) is 0 Å². The number of piperidine rings is 1. The summed E-state index contributed by atoms with van der Waals surface area (Å²) in [7, 11) is 0. The molecule has 0 radical (unpaired) electrons. The zero-order valence-electron chi connectivity index (χ0n) is 11.5. The van der Waals surface area contributed by atoms with Crippen molar-refractivity contribution in [1.82, 2.24) is 14.9 Å². The molecule has 1 atom stereocenters. The lowest BCUT2D eigenvalue weighted by atomic mass is 10.0. The topological polar surface area (TPSA) is 49.3 Å². The minimum Gasteiger partial charge on any atom is -0.341 e. The van der Waals surface area contributed by atoms with Gasteiger partial charge in [0.25, 0.3) is 0 Å². The van der Waals surface area contributed by atoms with E-state index in [4.69, 9.17) is 0 Å². The molecule has 2 aliphatic heterocycles. The minimum atomic E-state index is 0.304. The molecule has 6 heteroatoms. The van der Waals surface area contributed by atoms with Crippen LogP contribution in [0.25, 0.3) is 0 Å². The molecule has 0 aromatic carbocycles. The number of likely N-dealkylation sites (tertiary alicyclic amines) is 1. The second-order valence-corrected chi connectivity index (χ2v) is 5.93. The lowest BCUT2D eigenvalue weighted by molar-refractivity contribution is -0.130. The van der Waals surface area contributed by atoms with Crippen LogP contribution in [0.2, 0.25) is 0 Å². The highest BCUT2D eigenvalue weighted by Crippen LogP contribution is 2.26. The SMILES string of the molecule is O=C1CC(CS)CN1C1CCN(c2ncccn2)CC1. The van der Waals surface area contributed by atoms with Crippen LogP contribution in [0.3, 0.4) is 0 Å². The molecule has 20 heavy (non-hydrogen) atoms. The number of rotatable bonds is 3. The first-order valence-corrected chi connectivity index (χ1v) is 7.83. The van der Waals surface area contributed by atoms with Gasteiger partial charge >= 0.3 is 0 Å². The number of hydrogen-bond donors (Lipinski definition) is 1. The van der Waals surface area contributed by atoms with Crippen LogP contribution in [0.4, 0.5) is 5.95 Å². The minimum absolute atomic E-state index is 0.304. The van der Waals surface area contributed by atoms with Gasteiger partial charge in [0, 0.05) is 44.5 Å². The van der Waals surface area contributed by atoms with Gasteiger partial charge < -0.3 is 9.80 Å². The van der Waals surface area contributed by atoms with Crippen molar-refractivity contribution in [3.63, 3.8) is 0 Å². The fraction of sp³-hybridized carbons (Fsp3) is 0.643. The Morgan fingerprint density at radius 3 is 2.55 bits per heavy atom. The number of carbonyl (C=O) groups excluding carboxylic acids is 1. The van der Waals surface area contributed by atoms with E-state index in [1.807, 2.05) is 6.07 Å². The molecule has 2 aliphatic rings. The highest BCUT2D eigenvalue weighted by atomic mass is 32.1. The molecule has 3 rings (SSSR count). The standard InChI is InChI=1S/C14H20N4OS/c19-13-8-11(10-20)9-18(13)12-2-6-17(7-3-12)14-15-4-1-5-16-14/h1,4-5,11-12,20H,2-3,6-10H2. The Morgan fingerprint density at radius 2 is 1.95 bits per heavy atom. The monoisotopic (exact) mass is 292 g/mol. The van der Waals surface area contributed by atoms with E-state index in [2.05, 4.69) is 32.4 Å². The molecule has 1 aromatic heterocycles. The summed E-state index contributed by atoms with van der Waals surface area (Å²) in [6.45, 7) is 2.73. The molecule has 5 nitrogen and oxygen atoms in total. The normalized spacial score (nSPS) is 24.4. The number of aromatic nitrogens is 2. The van der Waals surface area contributed by atoms with E-state index in [-0.39, 0.29) is 0 Å². The van der Waals surface area contributed by atoms with Crippen molar-refractivity contribution >= 4 is 24.5 Å². The third kappa shape index (κ3) is 2.75. The quantitative estimate of drug-likeness (QED) is 0.851. The van der Waals surface area contributed by atoms with E-state index in [1.54, 1.807) is 12.4 Å². The molecule has 1 aromatic rings. The Hall–Kier alpha value is -1.30. The van der Waals surface area contributed by atoms with E-state index in [9.17, 15) is 4.79 Å². The van der Waals surface area contributed by atoms with Crippen molar-refractivity contribution in [1.29, 1.82) is 0 Å². The number of carbonyl (C=O) groups is 1. The second kappa shape index (κ2) is 5.99. The van der Waals surface area contributed by atoms with Gasteiger partial charge in [-0.3, -0.25) is 4.79 Å². The molecule has 1 unspecified atom stereocenters. The Kier molecular flexibility index (Phi) is 4.10. The molecule has 108 valence electrons. The molecule has 1 amide bonds. The summed E-state index contributed by atoms with van der Waals surface area (Å²) < 4.78 is 0. The van der Waals surface area contributed by atoms with Crippen LogP contribution >= 0.6 is 12.6 Å². The molecular formula is C14H20N4OS. The zero-order valence-corrected chi connectivity index (χ0v) is 12.4. The lowest BCUT2D eigenvalue weighted by Crippen LogP contribution is -2.46. The summed E-state index contributed by atoms with van der Waals surface area (Å²) >= 11 is 4.32. The number of thiol groups is 1. The van der Waals surface area contributed by atoms with Crippen LogP contribution in [0.1, 0.15) is 19.3 Å². The third-order valence-electron chi connectivity index (χ3n) is 4.24. The maximum atomic E-state index is 12.0. The molecule has 0 saturated carbocycles. The maximum Gasteiger partial charge on any atom is 0.225 e. The van der Waals surface area contributed by atoms with Crippen molar-refractivity contribution in [3.05, 3.63) is 18.5 Å². The molecule has 2 saturated heterocycles. The highest BCUT2D eigenvalue weighted by Gasteiger charge is 2.35. The summed E-state index contributed by atoms with van der Waals surface area (Å²) in [5, 5.41) is 0. The van der Waals surface area contributed by atoms with Gasteiger partial charge in [-0.25, -0.2) is 9.97 Å². The third-order valence-corrected chi connectivity index (χ3v) is 4.75. The van der Waals surface area contributed by atoms with Gasteiger partial charge in [0.15, 0.2) is 0 Å². The first kappa shape index (κ1) is 13.7. The molecule has 3 heterocycles. The van der Waals surface area contributed by atoms with Gasteiger partial charge in [-0.2, -0.15) is 12.6 Å². The number of amides is 1. The van der Waals surface area contributed by atoms with Crippen molar-refractivity contribution in [2.24, 2.45) is 5.92 Å². The van der Waals surface area contributed by atoms with E-state index in [0.29, 0.717) is 24.3 Å². The van der Waals surface area contributed by atoms with Gasteiger partial charge in [-0.05, 0) is 30.6 Å². The molecule has 0 aliphatic carbocycles. The van der Waals surface area contributed by atoms with Gasteiger partial charge in [-0.15, -0.1) is 0 Å². The fourth-order valence-electron chi connectivity index (χ4n) is 3.12. The maximum absolute atomic E-state index is 12.0. The zero-order chi connectivity index (χ0) is 13.9. The summed E-state index contributed by atoms with van der Waals surface area (Å²) in [5.41, 5.74) is 0. The van der Waals surface area contributed by atoms with Crippen LogP contribution < -0.4 is 4.90 Å². The largest absolute Gasteiger partial charge is 0.341 e. The Bertz CT molecular complexity index is 462. The molecular weight excluding hydrogens is 272 g/mol. The Labute approximate surface area is 124 Å². The second-order valence-electron chi connectivity index (χ2n) is 5.57. The predicted octanol–water partition coefficient (Wildman–Crippen LogP) is 1.22. The molecule has 0 spiro atoms. The summed E-state index contributed by atoms with van der Waals surface area (Å²) in [6, 6.07) is 2.21. The average Bonchev–Trinajstić information content (AvgIpc) is 2.89. The molecule has 0 bridgehead atoms. The van der Waals surface area contributed by atoms with E-state index < -0.39 is 0 Å². The Morgan fingerprint density at radius 1 is 1.25 bits per heavy atom. The average molecular weight is 292 g/mol. The van der Waals surface area contributed by atoms with Crippen molar-refractivity contribution < 1.29 is 4.79 Å². The summed E-state index contributed by atoms with van der Waals surface area (Å²) in [5.74, 6) is 2.34. The van der Waals surface area contributed by atoms with Crippen molar-refractivity contribution in [3.8, 4) is 0 Å². The molecule has 0 N–H and O–H groups in total. The van der Waals surface area contributed by atoms with Gasteiger partial charge in [-0.1, -0.05) is 0 Å². The Balaban J connectivity index is 1.58. The van der Waals surface area contributed by atoms with E-state index >= 15 is 0 Å². The lowest BCUT2D eigenvalue weighted by Gasteiger charge is -2.36. The van der Waals surface area contributed by atoms with E-state index in [1.165, 1.54) is 0 Å². The fourth-order valence-corrected chi connectivity index (χ4v) is 3.36. The number of anilines is 1. The number of hydrogen-bond acceptors (Lipinski definition) is 5. The van der Waals surface area contributed by atoms with E-state index in [0.717, 1.165) is 44.2 Å². The van der Waals surface area contributed by atoms with Crippen LogP contribution in [-0.4, -0.2) is 52.2 Å².